The largest absolute Gasteiger partial charge is 0.490 e. The lowest BCUT2D eigenvalue weighted by molar-refractivity contribution is 0.0594. The molecule has 5 nitrogen and oxygen atoms in total. The first-order valence-electron chi connectivity index (χ1n) is 6.69. The van der Waals surface area contributed by atoms with Gasteiger partial charge in [0.25, 0.3) is 5.91 Å². The summed E-state index contributed by atoms with van der Waals surface area (Å²) in [7, 11) is 0. The highest BCUT2D eigenvalue weighted by molar-refractivity contribution is 6.35. The summed E-state index contributed by atoms with van der Waals surface area (Å²) in [4.78, 5) is 11.9. The van der Waals surface area contributed by atoms with E-state index in [2.05, 4.69) is 5.10 Å². The Hall–Kier alpha value is -1.56. The molecule has 0 fully saturated rings. The molecule has 1 aromatic heterocycles. The summed E-state index contributed by atoms with van der Waals surface area (Å²) in [6.07, 6.45) is 0. The van der Waals surface area contributed by atoms with E-state index in [4.69, 9.17) is 32.7 Å². The van der Waals surface area contributed by atoms with Crippen LogP contribution in [0.4, 0.5) is 0 Å². The van der Waals surface area contributed by atoms with Crippen molar-refractivity contribution >= 4 is 29.1 Å². The van der Waals surface area contributed by atoms with E-state index in [0.717, 1.165) is 11.4 Å². The Bertz CT molecular complexity index is 671. The van der Waals surface area contributed by atoms with Crippen molar-refractivity contribution in [3.63, 3.8) is 0 Å². The molecule has 1 aromatic carbocycles. The molecule has 2 aromatic rings. The quantitative estimate of drug-likeness (QED) is 0.753. The lowest BCUT2D eigenvalue weighted by Gasteiger charge is -2.09. The molecule has 2 rings (SSSR count). The number of carbonyl (C=O) groups excluding carboxylic acids is 1. The maximum absolute atomic E-state index is 11.9. The number of aryl methyl sites for hydroxylation is 2. The fourth-order valence-corrected chi connectivity index (χ4v) is 2.37. The number of nitrogens with zero attached hydrogens (tertiary/aromatic N) is 2. The molecule has 7 heteroatoms. The second-order valence-corrected chi connectivity index (χ2v) is 5.55. The number of halogens is 2. The van der Waals surface area contributed by atoms with Gasteiger partial charge in [0.1, 0.15) is 19.0 Å². The van der Waals surface area contributed by atoms with Crippen LogP contribution in [-0.4, -0.2) is 35.5 Å². The molecule has 118 valence electrons. The number of hydrogen-bond acceptors (Lipinski definition) is 4. The summed E-state index contributed by atoms with van der Waals surface area (Å²) in [6.45, 7) is 4.15. The van der Waals surface area contributed by atoms with Crippen LogP contribution in [0.2, 0.25) is 10.0 Å². The molecule has 0 atom stereocenters. The van der Waals surface area contributed by atoms with Crippen molar-refractivity contribution in [2.75, 3.05) is 19.8 Å². The van der Waals surface area contributed by atoms with Gasteiger partial charge in [0, 0.05) is 10.7 Å². The first kappa shape index (κ1) is 16.8. The minimum absolute atomic E-state index is 0.0559. The topological polar surface area (TPSA) is 53.4 Å². The van der Waals surface area contributed by atoms with E-state index in [1.807, 2.05) is 19.9 Å². The average Bonchev–Trinajstić information content (AvgIpc) is 2.79. The molecule has 0 radical (unpaired) electrons. The first-order chi connectivity index (χ1) is 10.5. The van der Waals surface area contributed by atoms with Crippen LogP contribution in [0.1, 0.15) is 16.2 Å². The Labute approximate surface area is 138 Å². The number of hydrogen-bond donors (Lipinski definition) is 0. The van der Waals surface area contributed by atoms with Gasteiger partial charge < -0.3 is 9.47 Å². The zero-order valence-electron chi connectivity index (χ0n) is 12.3. The molecule has 0 N–H and O–H groups in total. The molecule has 0 unspecified atom stereocenters. The maximum Gasteiger partial charge on any atom is 0.273 e. The zero-order chi connectivity index (χ0) is 16.1. The Morgan fingerprint density at radius 2 is 2.00 bits per heavy atom. The van der Waals surface area contributed by atoms with E-state index in [9.17, 15) is 4.79 Å². The fourth-order valence-electron chi connectivity index (χ4n) is 1.90. The molecule has 0 bridgehead atoms. The number of rotatable bonds is 6. The van der Waals surface area contributed by atoms with Gasteiger partial charge in [-0.25, -0.2) is 4.68 Å². The van der Waals surface area contributed by atoms with Gasteiger partial charge in [-0.2, -0.15) is 5.10 Å². The maximum atomic E-state index is 11.9. The van der Waals surface area contributed by atoms with Gasteiger partial charge in [-0.3, -0.25) is 4.79 Å². The van der Waals surface area contributed by atoms with Gasteiger partial charge in [0.2, 0.25) is 0 Å². The fraction of sp³-hybridized carbons (Fsp3) is 0.333. The summed E-state index contributed by atoms with van der Waals surface area (Å²) in [5.41, 5.74) is 1.59. The summed E-state index contributed by atoms with van der Waals surface area (Å²) in [5.74, 6) is 0.315. The molecule has 0 saturated heterocycles. The lowest BCUT2D eigenvalue weighted by atomic mass is 10.3. The van der Waals surface area contributed by atoms with Gasteiger partial charge in [-0.15, -0.1) is 0 Å². The minimum atomic E-state index is -0.213. The normalized spacial score (nSPS) is 10.7. The molecule has 22 heavy (non-hydrogen) atoms. The van der Waals surface area contributed by atoms with Gasteiger partial charge in [-0.1, -0.05) is 23.2 Å². The molecule has 1 heterocycles. The van der Waals surface area contributed by atoms with Crippen LogP contribution in [0.25, 0.3) is 0 Å². The van der Waals surface area contributed by atoms with Crippen LogP contribution in [0.3, 0.4) is 0 Å². The smallest absolute Gasteiger partial charge is 0.273 e. The average molecular weight is 343 g/mol. The number of aromatic nitrogens is 2. The Morgan fingerprint density at radius 3 is 2.64 bits per heavy atom. The second-order valence-electron chi connectivity index (χ2n) is 4.71. The van der Waals surface area contributed by atoms with Gasteiger partial charge in [-0.05, 0) is 38.1 Å². The third-order valence-corrected chi connectivity index (χ3v) is 3.38. The lowest BCUT2D eigenvalue weighted by Crippen LogP contribution is -2.21. The molecule has 0 aliphatic heterocycles. The van der Waals surface area contributed by atoms with Crippen molar-refractivity contribution in [1.29, 1.82) is 0 Å². The van der Waals surface area contributed by atoms with Crippen LogP contribution in [0, 0.1) is 13.8 Å². The van der Waals surface area contributed by atoms with Crippen LogP contribution >= 0.6 is 23.2 Å². The third-order valence-electron chi connectivity index (χ3n) is 2.85. The zero-order valence-corrected chi connectivity index (χ0v) is 13.8. The summed E-state index contributed by atoms with van der Waals surface area (Å²) >= 11 is 11.8. The molecule has 0 saturated carbocycles. The highest BCUT2D eigenvalue weighted by Crippen LogP contribution is 2.27. The van der Waals surface area contributed by atoms with Crippen LogP contribution < -0.4 is 4.74 Å². The van der Waals surface area contributed by atoms with Gasteiger partial charge in [0.05, 0.1) is 17.3 Å². The Balaban J connectivity index is 1.73. The van der Waals surface area contributed by atoms with Crippen molar-refractivity contribution in [2.45, 2.75) is 13.8 Å². The summed E-state index contributed by atoms with van der Waals surface area (Å²) in [6, 6.07) is 6.82. The summed E-state index contributed by atoms with van der Waals surface area (Å²) < 4.78 is 12.1. The van der Waals surface area contributed by atoms with Crippen molar-refractivity contribution in [2.24, 2.45) is 0 Å². The number of ether oxygens (including phenoxy) is 2. The molecule has 0 aliphatic carbocycles. The predicted octanol–water partition coefficient (Wildman–Crippen LogP) is 3.54. The highest BCUT2D eigenvalue weighted by atomic mass is 35.5. The Kier molecular flexibility index (Phi) is 5.83. The van der Waals surface area contributed by atoms with E-state index in [0.29, 0.717) is 15.8 Å². The van der Waals surface area contributed by atoms with Gasteiger partial charge >= 0.3 is 0 Å². The van der Waals surface area contributed by atoms with E-state index >= 15 is 0 Å². The monoisotopic (exact) mass is 342 g/mol. The standard InChI is InChI=1S/C15H16Cl2N2O3/c1-10-7-11(2)19(18-10)15(20)9-21-5-6-22-14-4-3-12(16)8-13(14)17/h3-4,7-8H,5-6,9H2,1-2H3. The van der Waals surface area contributed by atoms with E-state index < -0.39 is 0 Å². The van der Waals surface area contributed by atoms with E-state index in [1.54, 1.807) is 18.2 Å². The second kappa shape index (κ2) is 7.63. The molecule has 0 amide bonds. The van der Waals surface area contributed by atoms with Crippen LogP contribution in [0.15, 0.2) is 24.3 Å². The molecular weight excluding hydrogens is 327 g/mol. The van der Waals surface area contributed by atoms with Crippen molar-refractivity contribution in [3.8, 4) is 5.75 Å². The molecular formula is C15H16Cl2N2O3. The molecule has 0 spiro atoms. The van der Waals surface area contributed by atoms with Gasteiger partial charge in [0.15, 0.2) is 0 Å². The predicted molar refractivity (Wildman–Crippen MR) is 85.1 cm³/mol. The van der Waals surface area contributed by atoms with E-state index in [1.165, 1.54) is 4.68 Å². The summed E-state index contributed by atoms with van der Waals surface area (Å²) in [5, 5.41) is 5.08. The molecule has 0 aliphatic rings. The third kappa shape index (κ3) is 4.47. The van der Waals surface area contributed by atoms with Crippen molar-refractivity contribution < 1.29 is 14.3 Å². The number of benzene rings is 1. The van der Waals surface area contributed by atoms with Crippen LogP contribution in [-0.2, 0) is 4.74 Å². The SMILES string of the molecule is Cc1cc(C)n(C(=O)COCCOc2ccc(Cl)cc2Cl)n1. The highest BCUT2D eigenvalue weighted by Gasteiger charge is 2.10. The minimum Gasteiger partial charge on any atom is -0.490 e. The van der Waals surface area contributed by atoms with E-state index in [-0.39, 0.29) is 25.7 Å². The van der Waals surface area contributed by atoms with Crippen LogP contribution in [0.5, 0.6) is 5.75 Å². The van der Waals surface area contributed by atoms with Crippen molar-refractivity contribution in [3.05, 3.63) is 45.7 Å². The first-order valence-corrected chi connectivity index (χ1v) is 7.45. The Morgan fingerprint density at radius 1 is 1.23 bits per heavy atom. The number of carbonyl (C=O) groups is 1. The van der Waals surface area contributed by atoms with Crippen molar-refractivity contribution in [1.82, 2.24) is 9.78 Å².